The lowest BCUT2D eigenvalue weighted by Crippen LogP contribution is -2.49. The van der Waals surface area contributed by atoms with Crippen LogP contribution in [0.2, 0.25) is 0 Å². The van der Waals surface area contributed by atoms with Crippen LogP contribution in [-0.4, -0.2) is 35.3 Å². The Labute approximate surface area is 192 Å². The number of amides is 2. The number of fused-ring (bicyclic) bond motifs is 1. The molecule has 0 fully saturated rings. The van der Waals surface area contributed by atoms with Gasteiger partial charge in [0.2, 0.25) is 6.17 Å². The van der Waals surface area contributed by atoms with Crippen molar-refractivity contribution in [1.82, 2.24) is 5.32 Å². The number of benzene rings is 2. The van der Waals surface area contributed by atoms with Crippen LogP contribution >= 0.6 is 0 Å². The van der Waals surface area contributed by atoms with E-state index in [0.29, 0.717) is 12.3 Å². The van der Waals surface area contributed by atoms with Gasteiger partial charge in [0.15, 0.2) is 0 Å². The molecule has 9 heteroatoms. The number of nitro groups is 1. The van der Waals surface area contributed by atoms with E-state index in [1.807, 2.05) is 58.9 Å². The number of nitrogens with one attached hydrogen (secondary N) is 1. The number of hydrogen-bond donors (Lipinski definition) is 1. The molecule has 1 aliphatic heterocycles. The second-order valence-corrected chi connectivity index (χ2v) is 9.27. The Morgan fingerprint density at radius 1 is 1.18 bits per heavy atom. The summed E-state index contributed by atoms with van der Waals surface area (Å²) in [5, 5.41) is 13.4. The number of nitro benzene ring substituents is 1. The van der Waals surface area contributed by atoms with E-state index in [9.17, 15) is 19.7 Å². The zero-order valence-electron chi connectivity index (χ0n) is 19.4. The molecule has 174 valence electrons. The quantitative estimate of drug-likeness (QED) is 0.528. The molecule has 2 aromatic rings. The minimum absolute atomic E-state index is 0.113. The highest BCUT2D eigenvalue weighted by Gasteiger charge is 2.36. The van der Waals surface area contributed by atoms with Crippen molar-refractivity contribution in [3.05, 3.63) is 64.2 Å². The summed E-state index contributed by atoms with van der Waals surface area (Å²) < 4.78 is 5.24. The number of hydrogen-bond acceptors (Lipinski definition) is 6. The Morgan fingerprint density at radius 3 is 2.39 bits per heavy atom. The fraction of sp³-hybridized carbons (Fsp3) is 0.375. The Bertz CT molecular complexity index is 1090. The summed E-state index contributed by atoms with van der Waals surface area (Å²) >= 11 is 0. The Kier molecular flexibility index (Phi) is 6.81. The van der Waals surface area contributed by atoms with Gasteiger partial charge in [-0.05, 0) is 24.1 Å². The average molecular weight is 453 g/mol. The second-order valence-electron chi connectivity index (χ2n) is 9.27. The van der Waals surface area contributed by atoms with E-state index in [1.165, 1.54) is 24.3 Å². The SMILES string of the molecule is CC(C)CN1C(=O)[C@H](NC(=O)Oc2ccc([N+](=O)[O-])cc2)N=C(C(C)(C)C)c2ccccc21. The monoisotopic (exact) mass is 452 g/mol. The van der Waals surface area contributed by atoms with Gasteiger partial charge in [0.05, 0.1) is 16.3 Å². The van der Waals surface area contributed by atoms with Crippen molar-refractivity contribution in [3.63, 3.8) is 0 Å². The van der Waals surface area contributed by atoms with Gasteiger partial charge in [-0.15, -0.1) is 0 Å². The number of para-hydroxylation sites is 1. The fourth-order valence-corrected chi connectivity index (χ4v) is 3.56. The molecule has 0 saturated carbocycles. The van der Waals surface area contributed by atoms with E-state index in [1.54, 1.807) is 4.90 Å². The lowest BCUT2D eigenvalue weighted by atomic mass is 9.84. The summed E-state index contributed by atoms with van der Waals surface area (Å²) in [6.45, 7) is 10.5. The van der Waals surface area contributed by atoms with Crippen LogP contribution in [0.5, 0.6) is 5.75 Å². The molecule has 2 aromatic carbocycles. The van der Waals surface area contributed by atoms with Gasteiger partial charge in [-0.25, -0.2) is 4.79 Å². The fourth-order valence-electron chi connectivity index (χ4n) is 3.56. The average Bonchev–Trinajstić information content (AvgIpc) is 2.84. The van der Waals surface area contributed by atoms with Gasteiger partial charge in [-0.3, -0.25) is 25.2 Å². The Morgan fingerprint density at radius 2 is 1.82 bits per heavy atom. The van der Waals surface area contributed by atoms with E-state index < -0.39 is 22.6 Å². The highest BCUT2D eigenvalue weighted by atomic mass is 16.6. The molecular weight excluding hydrogens is 424 g/mol. The van der Waals surface area contributed by atoms with Crippen LogP contribution < -0.4 is 15.0 Å². The highest BCUT2D eigenvalue weighted by molar-refractivity contribution is 6.15. The van der Waals surface area contributed by atoms with Crippen LogP contribution in [0.1, 0.15) is 40.2 Å². The van der Waals surface area contributed by atoms with Crippen LogP contribution in [0.15, 0.2) is 53.5 Å². The van der Waals surface area contributed by atoms with E-state index >= 15 is 0 Å². The van der Waals surface area contributed by atoms with Gasteiger partial charge < -0.3 is 9.64 Å². The molecule has 0 unspecified atom stereocenters. The highest BCUT2D eigenvalue weighted by Crippen LogP contribution is 2.33. The molecule has 1 atom stereocenters. The van der Waals surface area contributed by atoms with Gasteiger partial charge in [-0.1, -0.05) is 52.8 Å². The summed E-state index contributed by atoms with van der Waals surface area (Å²) in [5.41, 5.74) is 1.76. The third kappa shape index (κ3) is 5.54. The zero-order valence-corrected chi connectivity index (χ0v) is 19.4. The second kappa shape index (κ2) is 9.40. The lowest BCUT2D eigenvalue weighted by molar-refractivity contribution is -0.384. The van der Waals surface area contributed by atoms with Gasteiger partial charge in [0, 0.05) is 29.7 Å². The minimum Gasteiger partial charge on any atom is -0.410 e. The maximum atomic E-state index is 13.5. The molecule has 0 aliphatic carbocycles. The van der Waals surface area contributed by atoms with Crippen molar-refractivity contribution >= 4 is 29.1 Å². The largest absolute Gasteiger partial charge is 0.414 e. The van der Waals surface area contributed by atoms with Crippen molar-refractivity contribution < 1.29 is 19.2 Å². The first kappa shape index (κ1) is 23.9. The number of aliphatic imine (C=N–C) groups is 1. The summed E-state index contributed by atoms with van der Waals surface area (Å²) in [7, 11) is 0. The van der Waals surface area contributed by atoms with Gasteiger partial charge >= 0.3 is 6.09 Å². The van der Waals surface area contributed by atoms with Gasteiger partial charge in [-0.2, -0.15) is 0 Å². The topological polar surface area (TPSA) is 114 Å². The van der Waals surface area contributed by atoms with Gasteiger partial charge in [0.1, 0.15) is 5.75 Å². The Balaban J connectivity index is 1.93. The molecule has 1 N–H and O–H groups in total. The van der Waals surface area contributed by atoms with Crippen LogP contribution in [0.3, 0.4) is 0 Å². The number of carbonyl (C=O) groups is 2. The number of nitrogens with zero attached hydrogens (tertiary/aromatic N) is 3. The molecule has 3 rings (SSSR count). The van der Waals surface area contributed by atoms with E-state index in [2.05, 4.69) is 10.3 Å². The van der Waals surface area contributed by atoms with Crippen molar-refractivity contribution in [2.75, 3.05) is 11.4 Å². The van der Waals surface area contributed by atoms with Crippen molar-refractivity contribution in [2.24, 2.45) is 16.3 Å². The molecule has 0 bridgehead atoms. The standard InChI is InChI=1S/C24H28N4O5/c1-15(2)14-27-19-9-7-6-8-18(19)20(24(3,4)5)25-21(22(27)29)26-23(30)33-17-12-10-16(11-13-17)28(31)32/h6-13,15,21H,14H2,1-5H3,(H,26,30)/t21-/m0/s1. The molecule has 0 radical (unpaired) electrons. The molecule has 2 amide bonds. The van der Waals surface area contributed by atoms with Crippen molar-refractivity contribution in [2.45, 2.75) is 40.8 Å². The lowest BCUT2D eigenvalue weighted by Gasteiger charge is -2.27. The first-order valence-corrected chi connectivity index (χ1v) is 10.7. The first-order valence-electron chi connectivity index (χ1n) is 10.7. The van der Waals surface area contributed by atoms with E-state index in [0.717, 1.165) is 11.3 Å². The van der Waals surface area contributed by atoms with Crippen LogP contribution in [0.25, 0.3) is 0 Å². The number of rotatable bonds is 5. The molecule has 0 spiro atoms. The van der Waals surface area contributed by atoms with E-state index in [-0.39, 0.29) is 23.3 Å². The number of carbonyl (C=O) groups excluding carboxylic acids is 2. The Hall–Kier alpha value is -3.75. The zero-order chi connectivity index (χ0) is 24.3. The maximum Gasteiger partial charge on any atom is 0.414 e. The third-order valence-electron chi connectivity index (χ3n) is 4.98. The molecule has 0 saturated heterocycles. The molecule has 1 aliphatic rings. The summed E-state index contributed by atoms with van der Waals surface area (Å²) in [6, 6.07) is 12.7. The smallest absolute Gasteiger partial charge is 0.410 e. The summed E-state index contributed by atoms with van der Waals surface area (Å²) in [4.78, 5) is 42.7. The van der Waals surface area contributed by atoms with Crippen molar-refractivity contribution in [1.29, 1.82) is 0 Å². The number of benzodiazepines with no additional fused rings is 1. The molecule has 0 aromatic heterocycles. The number of non-ortho nitro benzene ring substituents is 1. The maximum absolute atomic E-state index is 13.5. The predicted octanol–water partition coefficient (Wildman–Crippen LogP) is 4.55. The van der Waals surface area contributed by atoms with Crippen molar-refractivity contribution in [3.8, 4) is 5.75 Å². The van der Waals surface area contributed by atoms with Gasteiger partial charge in [0.25, 0.3) is 11.6 Å². The third-order valence-corrected chi connectivity index (χ3v) is 4.98. The molecule has 9 nitrogen and oxygen atoms in total. The predicted molar refractivity (Wildman–Crippen MR) is 126 cm³/mol. The van der Waals surface area contributed by atoms with Crippen LogP contribution in [0.4, 0.5) is 16.2 Å². The minimum atomic E-state index is -1.18. The van der Waals surface area contributed by atoms with E-state index in [4.69, 9.17) is 4.74 Å². The van der Waals surface area contributed by atoms with Crippen LogP contribution in [-0.2, 0) is 4.79 Å². The summed E-state index contributed by atoms with van der Waals surface area (Å²) in [5.74, 6) is -0.0662. The molecule has 33 heavy (non-hydrogen) atoms. The summed E-state index contributed by atoms with van der Waals surface area (Å²) in [6.07, 6.45) is -2.06. The molecule has 1 heterocycles. The normalized spacial score (nSPS) is 16.1. The number of anilines is 1. The molecular formula is C24H28N4O5. The number of ether oxygens (including phenoxy) is 1. The van der Waals surface area contributed by atoms with Crippen LogP contribution in [0, 0.1) is 21.4 Å². The first-order chi connectivity index (χ1) is 15.5.